The van der Waals surface area contributed by atoms with Crippen LogP contribution in [-0.4, -0.2) is 78.9 Å². The fourth-order valence-corrected chi connectivity index (χ4v) is 6.08. The zero-order valence-electron chi connectivity index (χ0n) is 21.9. The van der Waals surface area contributed by atoms with Gasteiger partial charge < -0.3 is 15.5 Å². The Labute approximate surface area is 230 Å². The van der Waals surface area contributed by atoms with Crippen LogP contribution in [0.4, 0.5) is 0 Å². The molecule has 0 saturated carbocycles. The maximum Gasteiger partial charge on any atom is 0.335 e. The summed E-state index contributed by atoms with van der Waals surface area (Å²) < 4.78 is 0. The van der Waals surface area contributed by atoms with Gasteiger partial charge in [-0.3, -0.25) is 14.5 Å². The molecule has 1 aliphatic heterocycles. The summed E-state index contributed by atoms with van der Waals surface area (Å²) in [6.07, 6.45) is 2.39. The van der Waals surface area contributed by atoms with Gasteiger partial charge in [0.05, 0.1) is 23.1 Å². The molecular weight excluding hydrogens is 514 g/mol. The molecule has 5 rings (SSSR count). The van der Waals surface area contributed by atoms with E-state index in [4.69, 9.17) is 6.57 Å². The van der Waals surface area contributed by atoms with Crippen molar-refractivity contribution in [3.8, 4) is 0 Å². The number of likely N-dealkylation sites (tertiary alicyclic amines) is 1. The fraction of sp³-hybridized carbons (Fsp3) is 0.393. The number of nitrogens with one attached hydrogen (secondary N) is 2. The predicted octanol–water partition coefficient (Wildman–Crippen LogP) is 2.27. The molecule has 0 radical (unpaired) electrons. The van der Waals surface area contributed by atoms with Crippen molar-refractivity contribution < 1.29 is 24.6 Å². The average molecular weight is 544 g/mol. The Hall–Kier alpha value is -4.63. The molecule has 1 aromatic heterocycles. The van der Waals surface area contributed by atoms with E-state index in [-0.39, 0.29) is 29.6 Å². The molecule has 12 heteroatoms. The van der Waals surface area contributed by atoms with E-state index in [2.05, 4.69) is 30.8 Å². The lowest BCUT2D eigenvalue weighted by atomic mass is 9.68. The van der Waals surface area contributed by atoms with Crippen LogP contribution in [0.15, 0.2) is 36.4 Å². The number of carbonyl (C=O) groups excluding carboxylic acids is 1. The SMILES string of the molecule is [C-]#[N+][C@@H]1CCCN1C(=O)CN[C@@H](C)CC1(c2nn[nH]n2)c2ccc(C(=O)O)cc2CCc2cc(C(=O)O)ccc21. The van der Waals surface area contributed by atoms with Crippen LogP contribution < -0.4 is 5.32 Å². The Morgan fingerprint density at radius 1 is 1.12 bits per heavy atom. The molecule has 2 aromatic carbocycles. The minimum atomic E-state index is -1.05. The molecule has 0 spiro atoms. The molecule has 4 N–H and O–H groups in total. The number of aromatic amines is 1. The van der Waals surface area contributed by atoms with Gasteiger partial charge in [-0.05, 0) is 79.1 Å². The second-order valence-corrected chi connectivity index (χ2v) is 10.3. The summed E-state index contributed by atoms with van der Waals surface area (Å²) >= 11 is 0. The highest BCUT2D eigenvalue weighted by molar-refractivity contribution is 5.89. The lowest BCUT2D eigenvalue weighted by molar-refractivity contribution is -0.130. The molecule has 2 atom stereocenters. The number of amides is 1. The van der Waals surface area contributed by atoms with Gasteiger partial charge in [0.1, 0.15) is 0 Å². The number of carboxylic acids is 2. The number of carboxylic acid groups (broad SMARTS) is 2. The highest BCUT2D eigenvalue weighted by Gasteiger charge is 2.46. The highest BCUT2D eigenvalue weighted by atomic mass is 16.4. The molecular formula is C28H29N7O5. The third-order valence-electron chi connectivity index (χ3n) is 7.92. The number of aryl methyl sites for hydroxylation is 2. The van der Waals surface area contributed by atoms with Crippen LogP contribution >= 0.6 is 0 Å². The van der Waals surface area contributed by atoms with Gasteiger partial charge in [0, 0.05) is 19.0 Å². The van der Waals surface area contributed by atoms with E-state index in [0.29, 0.717) is 38.1 Å². The average Bonchev–Trinajstić information content (AvgIpc) is 3.64. The number of H-pyrrole nitrogens is 1. The summed E-state index contributed by atoms with van der Waals surface area (Å²) in [5.74, 6) is -1.87. The molecule has 1 aliphatic carbocycles. The number of carbonyl (C=O) groups is 3. The molecule has 0 unspecified atom stereocenters. The highest BCUT2D eigenvalue weighted by Crippen LogP contribution is 2.46. The number of aromatic carboxylic acids is 2. The maximum atomic E-state index is 12.9. The van der Waals surface area contributed by atoms with E-state index >= 15 is 0 Å². The summed E-state index contributed by atoms with van der Waals surface area (Å²) in [6.45, 7) is 9.92. The maximum absolute atomic E-state index is 12.9. The topological polar surface area (TPSA) is 166 Å². The van der Waals surface area contributed by atoms with Crippen LogP contribution in [0.25, 0.3) is 4.85 Å². The van der Waals surface area contributed by atoms with Gasteiger partial charge in [0.15, 0.2) is 5.82 Å². The van der Waals surface area contributed by atoms with Crippen LogP contribution in [-0.2, 0) is 23.1 Å². The lowest BCUT2D eigenvalue weighted by Crippen LogP contribution is -2.45. The number of fused-ring (bicyclic) bond motifs is 2. The first-order chi connectivity index (χ1) is 19.2. The standard InChI is InChI=1S/C28H29N7O5/c1-16(30-15-24(36)35-11-3-4-23(35)29-2)14-28(27-31-33-34-32-27)21-9-7-19(25(37)38)12-17(21)5-6-18-13-20(26(39)40)8-10-22(18)28/h7-10,12-13,16,23,30H,3-6,11,14-15H2,1H3,(H,37,38)(H,39,40)(H,31,32,33,34)/t16-,23-/m0/s1. The number of tetrazole rings is 1. The van der Waals surface area contributed by atoms with Crippen molar-refractivity contribution in [1.82, 2.24) is 30.8 Å². The van der Waals surface area contributed by atoms with Gasteiger partial charge in [-0.1, -0.05) is 17.3 Å². The van der Waals surface area contributed by atoms with Crippen LogP contribution in [0.1, 0.15) is 75.0 Å². The molecule has 40 heavy (non-hydrogen) atoms. The van der Waals surface area contributed by atoms with E-state index in [1.54, 1.807) is 41.3 Å². The van der Waals surface area contributed by atoms with Crippen LogP contribution in [0.2, 0.25) is 0 Å². The van der Waals surface area contributed by atoms with Crippen LogP contribution in [0, 0.1) is 6.57 Å². The number of rotatable bonds is 8. The Kier molecular flexibility index (Phi) is 7.32. The van der Waals surface area contributed by atoms with Crippen molar-refractivity contribution in [2.75, 3.05) is 13.1 Å². The molecule has 12 nitrogen and oxygen atoms in total. The van der Waals surface area contributed by atoms with Crippen molar-refractivity contribution in [1.29, 1.82) is 0 Å². The molecule has 3 aromatic rings. The van der Waals surface area contributed by atoms with E-state index in [9.17, 15) is 24.6 Å². The minimum Gasteiger partial charge on any atom is -0.478 e. The normalized spacial score (nSPS) is 18.2. The quantitative estimate of drug-likeness (QED) is 0.312. The Morgan fingerprint density at radius 2 is 1.75 bits per heavy atom. The molecule has 1 saturated heterocycles. The second kappa shape index (κ2) is 10.9. The van der Waals surface area contributed by atoms with Gasteiger partial charge in [-0.25, -0.2) is 16.2 Å². The molecule has 1 amide bonds. The summed E-state index contributed by atoms with van der Waals surface area (Å²) in [5.41, 5.74) is 2.45. The number of hydrogen-bond donors (Lipinski definition) is 4. The third kappa shape index (κ3) is 4.80. The van der Waals surface area contributed by atoms with Crippen molar-refractivity contribution in [2.24, 2.45) is 0 Å². The fourth-order valence-electron chi connectivity index (χ4n) is 6.08. The van der Waals surface area contributed by atoms with E-state index in [1.807, 2.05) is 6.92 Å². The van der Waals surface area contributed by atoms with Crippen molar-refractivity contribution in [3.63, 3.8) is 0 Å². The second-order valence-electron chi connectivity index (χ2n) is 10.3. The van der Waals surface area contributed by atoms with Crippen molar-refractivity contribution >= 4 is 17.8 Å². The van der Waals surface area contributed by atoms with Gasteiger partial charge >= 0.3 is 18.1 Å². The first-order valence-corrected chi connectivity index (χ1v) is 13.1. The van der Waals surface area contributed by atoms with Gasteiger partial charge in [0.25, 0.3) is 0 Å². The third-order valence-corrected chi connectivity index (χ3v) is 7.92. The molecule has 0 bridgehead atoms. The Morgan fingerprint density at radius 3 is 2.27 bits per heavy atom. The summed E-state index contributed by atoms with van der Waals surface area (Å²) in [5, 5.41) is 37.8. The monoisotopic (exact) mass is 543 g/mol. The summed E-state index contributed by atoms with van der Waals surface area (Å²) in [4.78, 5) is 41.7. The van der Waals surface area contributed by atoms with Crippen LogP contribution in [0.3, 0.4) is 0 Å². The zero-order chi connectivity index (χ0) is 28.4. The number of aromatic nitrogens is 4. The summed E-state index contributed by atoms with van der Waals surface area (Å²) in [7, 11) is 0. The number of benzene rings is 2. The largest absolute Gasteiger partial charge is 0.478 e. The summed E-state index contributed by atoms with van der Waals surface area (Å²) in [6, 6.07) is 9.67. The van der Waals surface area contributed by atoms with E-state index in [1.165, 1.54) is 0 Å². The zero-order valence-corrected chi connectivity index (χ0v) is 21.9. The molecule has 206 valence electrons. The van der Waals surface area contributed by atoms with Crippen molar-refractivity contribution in [3.05, 3.63) is 87.0 Å². The first kappa shape index (κ1) is 27.0. The molecule has 2 aliphatic rings. The predicted molar refractivity (Wildman–Crippen MR) is 142 cm³/mol. The lowest BCUT2D eigenvalue weighted by Gasteiger charge is -2.36. The van der Waals surface area contributed by atoms with E-state index < -0.39 is 23.5 Å². The van der Waals surface area contributed by atoms with Gasteiger partial charge in [-0.15, -0.1) is 10.2 Å². The van der Waals surface area contributed by atoms with Gasteiger partial charge in [-0.2, -0.15) is 5.21 Å². The minimum absolute atomic E-state index is 0.0468. The van der Waals surface area contributed by atoms with E-state index in [0.717, 1.165) is 28.7 Å². The first-order valence-electron chi connectivity index (χ1n) is 13.1. The number of hydrogen-bond acceptors (Lipinski definition) is 7. The van der Waals surface area contributed by atoms with Crippen LogP contribution in [0.5, 0.6) is 0 Å². The Balaban J connectivity index is 1.58. The van der Waals surface area contributed by atoms with Crippen molar-refractivity contribution in [2.45, 2.75) is 56.7 Å². The number of nitrogens with zero attached hydrogens (tertiary/aromatic N) is 5. The smallest absolute Gasteiger partial charge is 0.335 e. The Bertz CT molecular complexity index is 1430. The molecule has 1 fully saturated rings. The molecule has 2 heterocycles. The van der Waals surface area contributed by atoms with Gasteiger partial charge in [0.2, 0.25) is 5.91 Å².